The number of rotatable bonds is 4. The summed E-state index contributed by atoms with van der Waals surface area (Å²) in [6.45, 7) is 3.98. The highest BCUT2D eigenvalue weighted by molar-refractivity contribution is 5.43. The van der Waals surface area contributed by atoms with Gasteiger partial charge in [0.15, 0.2) is 0 Å². The van der Waals surface area contributed by atoms with Crippen LogP contribution in [-0.4, -0.2) is 6.61 Å². The van der Waals surface area contributed by atoms with Crippen molar-refractivity contribution in [2.24, 2.45) is 0 Å². The third kappa shape index (κ3) is 2.74. The zero-order chi connectivity index (χ0) is 11.1. The highest BCUT2D eigenvalue weighted by Crippen LogP contribution is 2.20. The van der Waals surface area contributed by atoms with Gasteiger partial charge in [-0.1, -0.05) is 36.1 Å². The molecule has 0 aliphatic carbocycles. The van der Waals surface area contributed by atoms with Crippen molar-refractivity contribution in [1.29, 1.82) is 0 Å². The lowest BCUT2D eigenvalue weighted by atomic mass is 10.0. The van der Waals surface area contributed by atoms with Crippen LogP contribution < -0.4 is 0 Å². The maximum Gasteiger partial charge on any atom is 0.144 e. The molecule has 0 saturated heterocycles. The van der Waals surface area contributed by atoms with Gasteiger partial charge in [-0.25, -0.2) is 0 Å². The van der Waals surface area contributed by atoms with Crippen molar-refractivity contribution in [2.75, 3.05) is 6.61 Å². The third-order valence-electron chi connectivity index (χ3n) is 1.93. The Labute approximate surface area is 90.8 Å². The highest BCUT2D eigenvalue weighted by Gasteiger charge is 2.10. The number of hydrogen-bond acceptors (Lipinski definition) is 1. The number of benzene rings is 1. The SMILES string of the molecule is C#Cc1ccccc1C(C#C)OCC=C. The average Bonchev–Trinajstić information content (AvgIpc) is 2.30. The van der Waals surface area contributed by atoms with Crippen LogP contribution in [0.4, 0.5) is 0 Å². The van der Waals surface area contributed by atoms with Crippen LogP contribution >= 0.6 is 0 Å². The molecule has 0 aromatic heterocycles. The quantitative estimate of drug-likeness (QED) is 0.531. The van der Waals surface area contributed by atoms with E-state index in [2.05, 4.69) is 18.4 Å². The summed E-state index contributed by atoms with van der Waals surface area (Å²) in [5.41, 5.74) is 1.62. The van der Waals surface area contributed by atoms with Crippen molar-refractivity contribution < 1.29 is 4.74 Å². The number of terminal acetylenes is 2. The Morgan fingerprint density at radius 2 is 2.13 bits per heavy atom. The smallest absolute Gasteiger partial charge is 0.144 e. The fraction of sp³-hybridized carbons (Fsp3) is 0.143. The minimum Gasteiger partial charge on any atom is -0.357 e. The highest BCUT2D eigenvalue weighted by atomic mass is 16.5. The minimum absolute atomic E-state index is 0.407. The molecule has 0 amide bonds. The Hall–Kier alpha value is -1.96. The van der Waals surface area contributed by atoms with Gasteiger partial charge in [0.25, 0.3) is 0 Å². The van der Waals surface area contributed by atoms with Crippen LogP contribution in [0.5, 0.6) is 0 Å². The zero-order valence-electron chi connectivity index (χ0n) is 8.44. The summed E-state index contributed by atoms with van der Waals surface area (Å²) in [6, 6.07) is 7.48. The molecule has 0 radical (unpaired) electrons. The largest absolute Gasteiger partial charge is 0.357 e. The second-order valence-corrected chi connectivity index (χ2v) is 2.90. The van der Waals surface area contributed by atoms with Crippen molar-refractivity contribution >= 4 is 0 Å². The Morgan fingerprint density at radius 3 is 2.73 bits per heavy atom. The Morgan fingerprint density at radius 1 is 1.40 bits per heavy atom. The van der Waals surface area contributed by atoms with Gasteiger partial charge in [-0.15, -0.1) is 19.4 Å². The van der Waals surface area contributed by atoms with Gasteiger partial charge < -0.3 is 4.74 Å². The molecule has 15 heavy (non-hydrogen) atoms. The summed E-state index contributed by atoms with van der Waals surface area (Å²) < 4.78 is 5.42. The molecular formula is C14H12O. The summed E-state index contributed by atoms with van der Waals surface area (Å²) in [7, 11) is 0. The Bertz CT molecular complexity index is 418. The van der Waals surface area contributed by atoms with Crippen LogP contribution in [0.2, 0.25) is 0 Å². The number of hydrogen-bond donors (Lipinski definition) is 0. The molecule has 0 bridgehead atoms. The Kier molecular flexibility index (Phi) is 4.23. The summed E-state index contributed by atoms with van der Waals surface area (Å²) in [6.07, 6.45) is 12.0. The van der Waals surface area contributed by atoms with E-state index in [1.165, 1.54) is 0 Å². The Balaban J connectivity index is 2.97. The number of ether oxygens (including phenoxy) is 1. The van der Waals surface area contributed by atoms with E-state index in [1.807, 2.05) is 24.3 Å². The first-order chi connectivity index (χ1) is 7.33. The van der Waals surface area contributed by atoms with E-state index in [-0.39, 0.29) is 0 Å². The summed E-state index contributed by atoms with van der Waals surface area (Å²) in [5, 5.41) is 0. The molecule has 0 aliphatic heterocycles. The van der Waals surface area contributed by atoms with Crippen LogP contribution in [0.15, 0.2) is 36.9 Å². The fourth-order valence-electron chi connectivity index (χ4n) is 1.25. The van der Waals surface area contributed by atoms with E-state index in [0.29, 0.717) is 6.61 Å². The predicted molar refractivity (Wildman–Crippen MR) is 62.1 cm³/mol. The van der Waals surface area contributed by atoms with Crippen molar-refractivity contribution in [3.63, 3.8) is 0 Å². The first-order valence-electron chi connectivity index (χ1n) is 4.57. The average molecular weight is 196 g/mol. The molecule has 1 atom stereocenters. The molecule has 1 aromatic carbocycles. The predicted octanol–water partition coefficient (Wildman–Crippen LogP) is 2.54. The summed E-state index contributed by atoms with van der Waals surface area (Å²) in [5.74, 6) is 5.15. The third-order valence-corrected chi connectivity index (χ3v) is 1.93. The van der Waals surface area contributed by atoms with Crippen LogP contribution in [0.3, 0.4) is 0 Å². The van der Waals surface area contributed by atoms with E-state index in [4.69, 9.17) is 17.6 Å². The minimum atomic E-state index is -0.407. The van der Waals surface area contributed by atoms with Crippen molar-refractivity contribution in [3.05, 3.63) is 48.0 Å². The lowest BCUT2D eigenvalue weighted by Crippen LogP contribution is -2.04. The molecule has 0 spiro atoms. The standard InChI is InChI=1S/C14H12O/c1-4-11-15-14(6-3)13-10-8-7-9-12(13)5-2/h2-4,7-10,14H,1,11H2. The molecule has 1 nitrogen and oxygen atoms in total. The maximum absolute atomic E-state index is 5.42. The van der Waals surface area contributed by atoms with E-state index < -0.39 is 6.10 Å². The summed E-state index contributed by atoms with van der Waals surface area (Å²) in [4.78, 5) is 0. The van der Waals surface area contributed by atoms with E-state index >= 15 is 0 Å². The van der Waals surface area contributed by atoms with Gasteiger partial charge >= 0.3 is 0 Å². The van der Waals surface area contributed by atoms with Crippen molar-refractivity contribution in [2.45, 2.75) is 6.10 Å². The zero-order valence-corrected chi connectivity index (χ0v) is 8.44. The van der Waals surface area contributed by atoms with Gasteiger partial charge in [0, 0.05) is 11.1 Å². The van der Waals surface area contributed by atoms with Gasteiger partial charge in [0.05, 0.1) is 6.61 Å². The molecule has 1 heteroatoms. The molecule has 0 fully saturated rings. The first kappa shape index (κ1) is 11.1. The van der Waals surface area contributed by atoms with Crippen molar-refractivity contribution in [1.82, 2.24) is 0 Å². The van der Waals surface area contributed by atoms with E-state index in [1.54, 1.807) is 6.08 Å². The molecular weight excluding hydrogens is 184 g/mol. The molecule has 1 aromatic rings. The topological polar surface area (TPSA) is 9.23 Å². The lowest BCUT2D eigenvalue weighted by molar-refractivity contribution is 0.117. The second-order valence-electron chi connectivity index (χ2n) is 2.90. The normalized spacial score (nSPS) is 11.1. The maximum atomic E-state index is 5.42. The monoisotopic (exact) mass is 196 g/mol. The molecule has 1 rings (SSSR count). The molecule has 74 valence electrons. The molecule has 0 aliphatic rings. The van der Waals surface area contributed by atoms with Gasteiger partial charge in [-0.2, -0.15) is 0 Å². The van der Waals surface area contributed by atoms with Crippen LogP contribution in [-0.2, 0) is 4.74 Å². The van der Waals surface area contributed by atoms with Gasteiger partial charge in [0.1, 0.15) is 6.10 Å². The molecule has 0 saturated carbocycles. The van der Waals surface area contributed by atoms with E-state index in [0.717, 1.165) is 11.1 Å². The van der Waals surface area contributed by atoms with Gasteiger partial charge in [0.2, 0.25) is 0 Å². The van der Waals surface area contributed by atoms with Crippen LogP contribution in [0, 0.1) is 24.7 Å². The first-order valence-corrected chi connectivity index (χ1v) is 4.57. The summed E-state index contributed by atoms with van der Waals surface area (Å²) >= 11 is 0. The molecule has 0 N–H and O–H groups in total. The molecule has 0 heterocycles. The lowest BCUT2D eigenvalue weighted by Gasteiger charge is -2.12. The fourth-order valence-corrected chi connectivity index (χ4v) is 1.25. The van der Waals surface area contributed by atoms with Crippen LogP contribution in [0.1, 0.15) is 17.2 Å². The van der Waals surface area contributed by atoms with Gasteiger partial charge in [-0.05, 0) is 6.07 Å². The van der Waals surface area contributed by atoms with Gasteiger partial charge in [-0.3, -0.25) is 0 Å². The van der Waals surface area contributed by atoms with Crippen LogP contribution in [0.25, 0.3) is 0 Å². The van der Waals surface area contributed by atoms with Crippen molar-refractivity contribution in [3.8, 4) is 24.7 Å². The second kappa shape index (κ2) is 5.70. The van der Waals surface area contributed by atoms with E-state index in [9.17, 15) is 0 Å². The molecule has 1 unspecified atom stereocenters.